The molecule has 0 unspecified atom stereocenters. The summed E-state index contributed by atoms with van der Waals surface area (Å²) in [6.07, 6.45) is 3.51. The Morgan fingerprint density at radius 2 is 2.06 bits per heavy atom. The second-order valence-electron chi connectivity index (χ2n) is 4.09. The van der Waals surface area contributed by atoms with E-state index in [1.54, 1.807) is 0 Å². The minimum atomic E-state index is -0.146. The molecule has 0 saturated carbocycles. The number of hydrogen-bond acceptors (Lipinski definition) is 4. The van der Waals surface area contributed by atoms with Crippen LogP contribution in [-0.4, -0.2) is 12.1 Å². The number of hydrogen-bond donors (Lipinski definition) is 0. The zero-order valence-corrected chi connectivity index (χ0v) is 8.20. The number of carbonyl (C=O) groups is 2. The maximum Gasteiger partial charge on any atom is 0.200 e. The maximum absolute atomic E-state index is 12.2. The molecule has 4 heteroatoms. The average molecular weight is 214 g/mol. The summed E-state index contributed by atoms with van der Waals surface area (Å²) >= 11 is 0. The molecule has 0 aliphatic heterocycles. The van der Waals surface area contributed by atoms with Crippen LogP contribution in [0.1, 0.15) is 49.1 Å². The lowest BCUT2D eigenvalue weighted by Gasteiger charge is -1.96. The Kier molecular flexibility index (Phi) is 1.19. The van der Waals surface area contributed by atoms with Crippen LogP contribution < -0.4 is 0 Å². The van der Waals surface area contributed by atoms with E-state index in [9.17, 15) is 9.59 Å². The zero-order valence-electron chi connectivity index (χ0n) is 8.20. The summed E-state index contributed by atoms with van der Waals surface area (Å²) in [5.41, 5.74) is 2.86. The van der Waals surface area contributed by atoms with Gasteiger partial charge in [0.15, 0.2) is 12.0 Å². The van der Waals surface area contributed by atoms with Gasteiger partial charge in [-0.1, -0.05) is 0 Å². The van der Waals surface area contributed by atoms with Crippen molar-refractivity contribution in [2.24, 2.45) is 0 Å². The quantitative estimate of drug-likeness (QED) is 0.385. The van der Waals surface area contributed by atoms with E-state index in [1.165, 1.54) is 6.26 Å². The summed E-state index contributed by atoms with van der Waals surface area (Å²) < 4.78 is 10.4. The minimum Gasteiger partial charge on any atom is -0.468 e. The summed E-state index contributed by atoms with van der Waals surface area (Å²) in [6.45, 7) is 0. The predicted molar refractivity (Wildman–Crippen MR) is 51.8 cm³/mol. The van der Waals surface area contributed by atoms with Crippen LogP contribution in [0.15, 0.2) is 15.1 Å². The largest absolute Gasteiger partial charge is 0.468 e. The number of fused-ring (bicyclic) bond motifs is 2. The summed E-state index contributed by atoms with van der Waals surface area (Å²) in [5.74, 6) is 1.64. The first-order valence-electron chi connectivity index (χ1n) is 5.03. The molecule has 0 amide bonds. The smallest absolute Gasteiger partial charge is 0.200 e. The van der Waals surface area contributed by atoms with Crippen molar-refractivity contribution in [1.82, 2.24) is 0 Å². The van der Waals surface area contributed by atoms with Crippen LogP contribution in [0.25, 0.3) is 0 Å². The van der Waals surface area contributed by atoms with Gasteiger partial charge in [0.25, 0.3) is 0 Å². The van der Waals surface area contributed by atoms with E-state index < -0.39 is 0 Å². The number of carbonyl (C=O) groups excluding carboxylic acids is 2. The topological polar surface area (TPSA) is 60.4 Å². The predicted octanol–water partition coefficient (Wildman–Crippen LogP) is 1.72. The highest BCUT2D eigenvalue weighted by Gasteiger charge is 2.38. The highest BCUT2D eigenvalue weighted by molar-refractivity contribution is 6.15. The Hall–Kier alpha value is -2.10. The van der Waals surface area contributed by atoms with Gasteiger partial charge in [0.2, 0.25) is 5.78 Å². The van der Waals surface area contributed by atoms with Gasteiger partial charge in [-0.3, -0.25) is 9.59 Å². The molecule has 2 aromatic heterocycles. The molecule has 16 heavy (non-hydrogen) atoms. The zero-order chi connectivity index (χ0) is 10.9. The summed E-state index contributed by atoms with van der Waals surface area (Å²) in [6, 6.07) is 0. The highest BCUT2D eigenvalue weighted by atomic mass is 16.4. The van der Waals surface area contributed by atoms with Crippen LogP contribution >= 0.6 is 0 Å². The van der Waals surface area contributed by atoms with Crippen molar-refractivity contribution in [2.45, 2.75) is 12.8 Å². The Bertz CT molecular complexity index is 657. The van der Waals surface area contributed by atoms with Gasteiger partial charge in [-0.15, -0.1) is 0 Å². The molecule has 0 bridgehead atoms. The van der Waals surface area contributed by atoms with Crippen molar-refractivity contribution in [1.29, 1.82) is 0 Å². The van der Waals surface area contributed by atoms with E-state index in [0.717, 1.165) is 29.1 Å². The van der Waals surface area contributed by atoms with Crippen LogP contribution in [0.4, 0.5) is 0 Å². The molecule has 0 atom stereocenters. The molecule has 0 fully saturated rings. The fraction of sp³-hybridized carbons (Fsp3) is 0.167. The number of rotatable bonds is 3. The van der Waals surface area contributed by atoms with E-state index in [2.05, 4.69) is 0 Å². The first-order chi connectivity index (χ1) is 7.79. The van der Waals surface area contributed by atoms with Crippen LogP contribution in [0, 0.1) is 0 Å². The van der Waals surface area contributed by atoms with E-state index in [0.29, 0.717) is 23.8 Å². The third-order valence-corrected chi connectivity index (χ3v) is 3.10. The van der Waals surface area contributed by atoms with Gasteiger partial charge in [-0.2, -0.15) is 0 Å². The van der Waals surface area contributed by atoms with Crippen LogP contribution in [-0.2, 0) is 12.8 Å². The Labute approximate surface area is 89.8 Å². The number of ketones is 1. The van der Waals surface area contributed by atoms with E-state index in [1.807, 2.05) is 0 Å². The van der Waals surface area contributed by atoms with Crippen molar-refractivity contribution in [3.63, 3.8) is 0 Å². The molecule has 0 N–H and O–H groups in total. The molecule has 2 heterocycles. The Morgan fingerprint density at radius 1 is 1.25 bits per heavy atom. The van der Waals surface area contributed by atoms with Gasteiger partial charge in [0, 0.05) is 24.0 Å². The standard InChI is InChI=1S/C12H6O4/c13-3-10-11(6-2-9(6)16-10)12(14)7-4-15-8-1-5(7)8/h3-4H,1-2H2. The monoisotopic (exact) mass is 214 g/mol. The van der Waals surface area contributed by atoms with Crippen LogP contribution in [0.2, 0.25) is 0 Å². The van der Waals surface area contributed by atoms with Gasteiger partial charge in [-0.25, -0.2) is 0 Å². The maximum atomic E-state index is 12.2. The lowest BCUT2D eigenvalue weighted by molar-refractivity contribution is 0.102. The molecule has 78 valence electrons. The van der Waals surface area contributed by atoms with Crippen LogP contribution in [0.3, 0.4) is 0 Å². The molecule has 0 radical (unpaired) electrons. The van der Waals surface area contributed by atoms with Gasteiger partial charge < -0.3 is 8.83 Å². The average Bonchev–Trinajstić information content (AvgIpc) is 3.18. The summed E-state index contributed by atoms with van der Waals surface area (Å²) in [5, 5.41) is 0. The Balaban J connectivity index is 1.87. The van der Waals surface area contributed by atoms with Crippen molar-refractivity contribution in [3.05, 3.63) is 45.8 Å². The molecule has 0 aromatic carbocycles. The van der Waals surface area contributed by atoms with Crippen molar-refractivity contribution >= 4 is 12.1 Å². The van der Waals surface area contributed by atoms with Crippen molar-refractivity contribution in [2.75, 3.05) is 0 Å². The third kappa shape index (κ3) is 0.845. The SMILES string of the molecule is O=Cc1oc2c(c1C(=O)c1coc3c1C3)C2. The fourth-order valence-corrected chi connectivity index (χ4v) is 2.11. The molecule has 4 nitrogen and oxygen atoms in total. The summed E-state index contributed by atoms with van der Waals surface area (Å²) in [7, 11) is 0. The molecule has 2 aliphatic rings. The molecule has 2 aromatic rings. The van der Waals surface area contributed by atoms with E-state index in [-0.39, 0.29) is 11.5 Å². The third-order valence-electron chi connectivity index (χ3n) is 3.10. The van der Waals surface area contributed by atoms with Gasteiger partial charge >= 0.3 is 0 Å². The van der Waals surface area contributed by atoms with Crippen LogP contribution in [0.5, 0.6) is 0 Å². The number of furan rings is 2. The Morgan fingerprint density at radius 3 is 2.69 bits per heavy atom. The molecular weight excluding hydrogens is 208 g/mol. The second kappa shape index (κ2) is 2.35. The molecule has 2 aliphatic carbocycles. The fourth-order valence-electron chi connectivity index (χ4n) is 2.11. The van der Waals surface area contributed by atoms with Gasteiger partial charge in [-0.05, 0) is 0 Å². The normalized spacial score (nSPS) is 14.2. The number of aldehydes is 1. The van der Waals surface area contributed by atoms with Gasteiger partial charge in [0.1, 0.15) is 17.8 Å². The lowest BCUT2D eigenvalue weighted by atomic mass is 10.0. The van der Waals surface area contributed by atoms with E-state index >= 15 is 0 Å². The second-order valence-corrected chi connectivity index (χ2v) is 4.09. The van der Waals surface area contributed by atoms with E-state index in [4.69, 9.17) is 8.83 Å². The first-order valence-corrected chi connectivity index (χ1v) is 5.03. The van der Waals surface area contributed by atoms with Crippen molar-refractivity contribution in [3.8, 4) is 0 Å². The lowest BCUT2D eigenvalue weighted by Crippen LogP contribution is -2.03. The molecular formula is C12H6O4. The summed E-state index contributed by atoms with van der Waals surface area (Å²) in [4.78, 5) is 22.9. The molecule has 0 spiro atoms. The first kappa shape index (κ1) is 8.10. The van der Waals surface area contributed by atoms with Crippen molar-refractivity contribution < 1.29 is 18.4 Å². The molecule has 4 rings (SSSR count). The molecule has 0 saturated heterocycles. The highest BCUT2D eigenvalue weighted by Crippen LogP contribution is 2.40. The van der Waals surface area contributed by atoms with Gasteiger partial charge in [0.05, 0.1) is 11.1 Å². The minimum absolute atomic E-state index is 0.146.